The van der Waals surface area contributed by atoms with Crippen molar-refractivity contribution in [2.45, 2.75) is 13.2 Å². The molecule has 50 valence electrons. The lowest BCUT2D eigenvalue weighted by molar-refractivity contribution is 0.206. The maximum Gasteiger partial charge on any atom is 0.191 e. The van der Waals surface area contributed by atoms with Crippen LogP contribution in [0.2, 0.25) is 0 Å². The second kappa shape index (κ2) is 2.21. The summed E-state index contributed by atoms with van der Waals surface area (Å²) in [6.45, 7) is 1.94. The molecule has 0 aromatic heterocycles. The highest BCUT2D eigenvalue weighted by molar-refractivity contribution is 5.20. The molecule has 0 aromatic carbocycles. The first-order valence-electron chi connectivity index (χ1n) is 2.93. The molecular weight excluding hydrogens is 117 g/mol. The van der Waals surface area contributed by atoms with Crippen LogP contribution in [0.15, 0.2) is 23.9 Å². The number of hydrogen-bond acceptors (Lipinski definition) is 1. The summed E-state index contributed by atoms with van der Waals surface area (Å²) in [5, 5.41) is 0. The van der Waals surface area contributed by atoms with E-state index in [1.54, 1.807) is 19.3 Å². The largest absolute Gasteiger partial charge is 0.348 e. The molecule has 0 amide bonds. The first kappa shape index (κ1) is 6.33. The van der Waals surface area contributed by atoms with Crippen LogP contribution in [-0.4, -0.2) is 18.2 Å². The van der Waals surface area contributed by atoms with Gasteiger partial charge in [-0.2, -0.15) is 0 Å². The van der Waals surface area contributed by atoms with Gasteiger partial charge in [0.2, 0.25) is 0 Å². The van der Waals surface area contributed by atoms with Crippen LogP contribution in [0.4, 0.5) is 4.39 Å². The van der Waals surface area contributed by atoms with Crippen LogP contribution in [0.5, 0.6) is 0 Å². The number of allylic oxidation sites excluding steroid dienone is 2. The van der Waals surface area contributed by atoms with Crippen molar-refractivity contribution in [3.8, 4) is 0 Å². The molecule has 0 aliphatic carbocycles. The van der Waals surface area contributed by atoms with Crippen LogP contribution in [0, 0.1) is 0 Å². The molecular formula is C7H10FN. The highest BCUT2D eigenvalue weighted by Crippen LogP contribution is 2.10. The van der Waals surface area contributed by atoms with Crippen LogP contribution in [0.25, 0.3) is 0 Å². The summed E-state index contributed by atoms with van der Waals surface area (Å²) in [7, 11) is 1.72. The third kappa shape index (κ3) is 1.31. The molecule has 0 spiro atoms. The summed E-state index contributed by atoms with van der Waals surface area (Å²) >= 11 is 0. The lowest BCUT2D eigenvalue weighted by atomic mass is 10.2. The predicted molar refractivity (Wildman–Crippen MR) is 35.6 cm³/mol. The van der Waals surface area contributed by atoms with Gasteiger partial charge in [-0.25, -0.2) is 4.39 Å². The Morgan fingerprint density at radius 3 is 2.78 bits per heavy atom. The lowest BCUT2D eigenvalue weighted by Gasteiger charge is -2.20. The third-order valence-electron chi connectivity index (χ3n) is 1.31. The van der Waals surface area contributed by atoms with Crippen molar-refractivity contribution in [1.29, 1.82) is 0 Å². The molecule has 0 radical (unpaired) electrons. The number of likely N-dealkylation sites (N-methyl/N-ethyl adjacent to an activating group) is 1. The van der Waals surface area contributed by atoms with Gasteiger partial charge in [0.05, 0.1) is 0 Å². The zero-order valence-electron chi connectivity index (χ0n) is 5.63. The average Bonchev–Trinajstić information content (AvgIpc) is 1.80. The Morgan fingerprint density at radius 1 is 1.67 bits per heavy atom. The highest BCUT2D eigenvalue weighted by Gasteiger charge is 2.08. The minimum Gasteiger partial charge on any atom is -0.348 e. The van der Waals surface area contributed by atoms with Gasteiger partial charge in [0.15, 0.2) is 6.30 Å². The maximum absolute atomic E-state index is 12.5. The molecule has 0 saturated carbocycles. The molecule has 1 rings (SSSR count). The topological polar surface area (TPSA) is 3.24 Å². The van der Waals surface area contributed by atoms with Crippen LogP contribution < -0.4 is 0 Å². The normalized spacial score (nSPS) is 26.3. The molecule has 9 heavy (non-hydrogen) atoms. The van der Waals surface area contributed by atoms with Crippen LogP contribution in [0.1, 0.15) is 6.92 Å². The van der Waals surface area contributed by atoms with Gasteiger partial charge in [0, 0.05) is 13.2 Å². The summed E-state index contributed by atoms with van der Waals surface area (Å²) in [5.41, 5.74) is 1.09. The fourth-order valence-electron chi connectivity index (χ4n) is 0.802. The van der Waals surface area contributed by atoms with E-state index in [9.17, 15) is 4.39 Å². The fraction of sp³-hybridized carbons (Fsp3) is 0.429. The number of rotatable bonds is 0. The molecule has 1 aliphatic rings. The number of nitrogens with zero attached hydrogens (tertiary/aromatic N) is 1. The summed E-state index contributed by atoms with van der Waals surface area (Å²) < 4.78 is 12.5. The lowest BCUT2D eigenvalue weighted by Crippen LogP contribution is -2.22. The van der Waals surface area contributed by atoms with E-state index in [4.69, 9.17) is 0 Å². The van der Waals surface area contributed by atoms with Crippen molar-refractivity contribution < 1.29 is 4.39 Å². The molecule has 0 N–H and O–H groups in total. The van der Waals surface area contributed by atoms with Crippen molar-refractivity contribution in [2.75, 3.05) is 7.05 Å². The van der Waals surface area contributed by atoms with Gasteiger partial charge in [-0.15, -0.1) is 0 Å². The Kier molecular flexibility index (Phi) is 1.56. The maximum atomic E-state index is 12.5. The van der Waals surface area contributed by atoms with E-state index in [2.05, 4.69) is 0 Å². The van der Waals surface area contributed by atoms with E-state index < -0.39 is 6.30 Å². The summed E-state index contributed by atoms with van der Waals surface area (Å²) in [4.78, 5) is 1.54. The monoisotopic (exact) mass is 127 g/mol. The third-order valence-corrected chi connectivity index (χ3v) is 1.31. The van der Waals surface area contributed by atoms with Crippen molar-refractivity contribution in [3.63, 3.8) is 0 Å². The second-order valence-electron chi connectivity index (χ2n) is 2.27. The molecule has 0 aromatic rings. The van der Waals surface area contributed by atoms with Crippen molar-refractivity contribution in [1.82, 2.24) is 4.90 Å². The van der Waals surface area contributed by atoms with E-state index in [0.717, 1.165) is 5.57 Å². The number of alkyl halides is 1. The van der Waals surface area contributed by atoms with Gasteiger partial charge < -0.3 is 4.90 Å². The van der Waals surface area contributed by atoms with Gasteiger partial charge in [0.1, 0.15) is 0 Å². The minimum absolute atomic E-state index is 0.936. The Morgan fingerprint density at radius 2 is 2.33 bits per heavy atom. The standard InChI is InChI=1S/C7H10FN/c1-6-3-4-7(8)9(2)5-6/h3-5,7H,1-2H3/t7-/m1/s1. The Balaban J connectivity index is 2.70. The SMILES string of the molecule is CC1=CN(C)[C@@H](F)C=C1. The zero-order valence-corrected chi connectivity index (χ0v) is 5.63. The van der Waals surface area contributed by atoms with E-state index in [-0.39, 0.29) is 0 Å². The van der Waals surface area contributed by atoms with Crippen molar-refractivity contribution in [3.05, 3.63) is 23.9 Å². The molecule has 0 fully saturated rings. The molecule has 2 heteroatoms. The molecule has 0 bridgehead atoms. The number of halogens is 1. The predicted octanol–water partition coefficient (Wildman–Crippen LogP) is 1.69. The fourth-order valence-corrected chi connectivity index (χ4v) is 0.802. The highest BCUT2D eigenvalue weighted by atomic mass is 19.1. The Bertz CT molecular complexity index is 160. The minimum atomic E-state index is -0.936. The second-order valence-corrected chi connectivity index (χ2v) is 2.27. The van der Waals surface area contributed by atoms with Crippen LogP contribution >= 0.6 is 0 Å². The van der Waals surface area contributed by atoms with Gasteiger partial charge in [-0.3, -0.25) is 0 Å². The van der Waals surface area contributed by atoms with Crippen LogP contribution in [0.3, 0.4) is 0 Å². The quantitative estimate of drug-likeness (QED) is 0.447. The average molecular weight is 127 g/mol. The Labute approximate surface area is 54.5 Å². The van der Waals surface area contributed by atoms with E-state index in [0.29, 0.717) is 0 Å². The molecule has 1 nitrogen and oxygen atoms in total. The van der Waals surface area contributed by atoms with Gasteiger partial charge in [-0.05, 0) is 18.6 Å². The summed E-state index contributed by atoms with van der Waals surface area (Å²) in [6, 6.07) is 0. The van der Waals surface area contributed by atoms with Crippen molar-refractivity contribution in [2.24, 2.45) is 0 Å². The Hall–Kier alpha value is -0.790. The van der Waals surface area contributed by atoms with Crippen LogP contribution in [-0.2, 0) is 0 Å². The summed E-state index contributed by atoms with van der Waals surface area (Å²) in [5.74, 6) is 0. The van der Waals surface area contributed by atoms with E-state index >= 15 is 0 Å². The molecule has 1 atom stereocenters. The zero-order chi connectivity index (χ0) is 6.85. The number of hydrogen-bond donors (Lipinski definition) is 0. The first-order valence-corrected chi connectivity index (χ1v) is 2.93. The summed E-state index contributed by atoms with van der Waals surface area (Å²) in [6.07, 6.45) is 4.17. The first-order chi connectivity index (χ1) is 4.20. The molecule has 1 heterocycles. The molecule has 1 aliphatic heterocycles. The van der Waals surface area contributed by atoms with Gasteiger partial charge in [0.25, 0.3) is 0 Å². The van der Waals surface area contributed by atoms with Crippen molar-refractivity contribution >= 4 is 0 Å². The van der Waals surface area contributed by atoms with E-state index in [1.165, 1.54) is 11.0 Å². The molecule has 0 unspecified atom stereocenters. The van der Waals surface area contributed by atoms with Gasteiger partial charge >= 0.3 is 0 Å². The smallest absolute Gasteiger partial charge is 0.191 e. The van der Waals surface area contributed by atoms with E-state index in [1.807, 2.05) is 6.92 Å². The molecule has 0 saturated heterocycles. The van der Waals surface area contributed by atoms with Gasteiger partial charge in [-0.1, -0.05) is 6.08 Å².